The Bertz CT molecular complexity index is 370. The summed E-state index contributed by atoms with van der Waals surface area (Å²) in [5.41, 5.74) is 0. The van der Waals surface area contributed by atoms with Gasteiger partial charge in [-0.25, -0.2) is 4.98 Å². The van der Waals surface area contributed by atoms with E-state index in [9.17, 15) is 4.79 Å². The number of carbonyl (C=O) groups is 1. The lowest BCUT2D eigenvalue weighted by Gasteiger charge is -2.15. The van der Waals surface area contributed by atoms with Crippen LogP contribution in [0.15, 0.2) is 6.33 Å². The Kier molecular flexibility index (Phi) is 4.08. The second-order valence-electron chi connectivity index (χ2n) is 4.31. The van der Waals surface area contributed by atoms with E-state index in [1.807, 2.05) is 11.9 Å². The molecule has 0 spiro atoms. The van der Waals surface area contributed by atoms with E-state index in [1.54, 1.807) is 4.68 Å². The summed E-state index contributed by atoms with van der Waals surface area (Å²) in [7, 11) is 1.86. The summed E-state index contributed by atoms with van der Waals surface area (Å²) in [6.45, 7) is 3.22. The Morgan fingerprint density at radius 2 is 2.24 bits per heavy atom. The molecule has 6 heteroatoms. The summed E-state index contributed by atoms with van der Waals surface area (Å²) < 4.78 is 1.73. The Labute approximate surface area is 101 Å². The first-order valence-electron chi connectivity index (χ1n) is 6.09. The van der Waals surface area contributed by atoms with Crippen LogP contribution in [-0.4, -0.2) is 45.2 Å². The number of amides is 1. The number of aryl methyl sites for hydroxylation is 1. The summed E-state index contributed by atoms with van der Waals surface area (Å²) in [5.74, 6) is 1.14. The molecule has 6 nitrogen and oxygen atoms in total. The van der Waals surface area contributed by atoms with Crippen molar-refractivity contribution in [1.29, 1.82) is 0 Å². The number of carbonyl (C=O) groups excluding carboxylic acids is 1. The Balaban J connectivity index is 1.63. The van der Waals surface area contributed by atoms with E-state index in [4.69, 9.17) is 0 Å². The van der Waals surface area contributed by atoms with Crippen LogP contribution in [0, 0.1) is 0 Å². The standard InChI is InChI=1S/C11H19N5O/c1-15-10(13-9-14-15)8-12-5-4-11(17)16-6-2-3-7-16/h9,12H,2-8H2,1H3. The van der Waals surface area contributed by atoms with E-state index in [0.717, 1.165) is 31.8 Å². The van der Waals surface area contributed by atoms with Crippen LogP contribution in [-0.2, 0) is 18.4 Å². The molecule has 1 aliphatic rings. The van der Waals surface area contributed by atoms with Crippen molar-refractivity contribution in [1.82, 2.24) is 25.0 Å². The van der Waals surface area contributed by atoms with Crippen molar-refractivity contribution >= 4 is 5.91 Å². The van der Waals surface area contributed by atoms with Gasteiger partial charge in [0.2, 0.25) is 5.91 Å². The number of aromatic nitrogens is 3. The lowest BCUT2D eigenvalue weighted by molar-refractivity contribution is -0.130. The molecular weight excluding hydrogens is 218 g/mol. The second-order valence-corrected chi connectivity index (χ2v) is 4.31. The molecule has 1 fully saturated rings. The monoisotopic (exact) mass is 237 g/mol. The highest BCUT2D eigenvalue weighted by atomic mass is 16.2. The maximum absolute atomic E-state index is 11.7. The first-order chi connectivity index (χ1) is 8.27. The van der Waals surface area contributed by atoms with Crippen molar-refractivity contribution in [2.24, 2.45) is 7.05 Å². The second kappa shape index (κ2) is 5.77. The number of rotatable bonds is 5. The molecule has 0 aromatic carbocycles. The highest BCUT2D eigenvalue weighted by molar-refractivity contribution is 5.76. The normalized spacial score (nSPS) is 15.5. The fourth-order valence-corrected chi connectivity index (χ4v) is 2.00. The largest absolute Gasteiger partial charge is 0.343 e. The fourth-order valence-electron chi connectivity index (χ4n) is 2.00. The minimum atomic E-state index is 0.257. The molecule has 0 unspecified atom stereocenters. The zero-order chi connectivity index (χ0) is 12.1. The molecule has 1 aliphatic heterocycles. The average molecular weight is 237 g/mol. The van der Waals surface area contributed by atoms with Gasteiger partial charge < -0.3 is 10.2 Å². The molecule has 0 radical (unpaired) electrons. The van der Waals surface area contributed by atoms with Crippen LogP contribution in [0.2, 0.25) is 0 Å². The maximum atomic E-state index is 11.7. The summed E-state index contributed by atoms with van der Waals surface area (Å²) in [5, 5.41) is 7.20. The van der Waals surface area contributed by atoms with Gasteiger partial charge in [-0.15, -0.1) is 0 Å². The SMILES string of the molecule is Cn1ncnc1CNCCC(=O)N1CCCC1. The van der Waals surface area contributed by atoms with Gasteiger partial charge in [0.05, 0.1) is 6.54 Å². The molecule has 0 aliphatic carbocycles. The molecule has 0 atom stereocenters. The van der Waals surface area contributed by atoms with Crippen molar-refractivity contribution in [2.75, 3.05) is 19.6 Å². The highest BCUT2D eigenvalue weighted by Gasteiger charge is 2.16. The molecule has 1 N–H and O–H groups in total. The molecule has 0 saturated carbocycles. The number of nitrogens with one attached hydrogen (secondary N) is 1. The van der Waals surface area contributed by atoms with E-state index in [-0.39, 0.29) is 5.91 Å². The summed E-state index contributed by atoms with van der Waals surface area (Å²) in [4.78, 5) is 17.8. The Morgan fingerprint density at radius 1 is 1.47 bits per heavy atom. The fraction of sp³-hybridized carbons (Fsp3) is 0.727. The molecule has 1 aromatic rings. The van der Waals surface area contributed by atoms with Crippen LogP contribution in [0.4, 0.5) is 0 Å². The van der Waals surface area contributed by atoms with E-state index in [0.29, 0.717) is 19.5 Å². The molecule has 2 heterocycles. The predicted molar refractivity (Wildman–Crippen MR) is 63.1 cm³/mol. The van der Waals surface area contributed by atoms with Crippen molar-refractivity contribution in [2.45, 2.75) is 25.8 Å². The number of hydrogen-bond acceptors (Lipinski definition) is 4. The lowest BCUT2D eigenvalue weighted by atomic mass is 10.3. The zero-order valence-corrected chi connectivity index (χ0v) is 10.2. The maximum Gasteiger partial charge on any atom is 0.223 e. The van der Waals surface area contributed by atoms with Gasteiger partial charge in [0.25, 0.3) is 0 Å². The van der Waals surface area contributed by atoms with Crippen molar-refractivity contribution in [3.63, 3.8) is 0 Å². The molecule has 1 amide bonds. The number of hydrogen-bond donors (Lipinski definition) is 1. The smallest absolute Gasteiger partial charge is 0.223 e. The predicted octanol–water partition coefficient (Wildman–Crippen LogP) is -0.0828. The molecule has 2 rings (SSSR count). The highest BCUT2D eigenvalue weighted by Crippen LogP contribution is 2.08. The Hall–Kier alpha value is -1.43. The van der Waals surface area contributed by atoms with Gasteiger partial charge in [-0.05, 0) is 12.8 Å². The third kappa shape index (κ3) is 3.26. The van der Waals surface area contributed by atoms with Crippen molar-refractivity contribution in [3.05, 3.63) is 12.2 Å². The van der Waals surface area contributed by atoms with Gasteiger partial charge >= 0.3 is 0 Å². The van der Waals surface area contributed by atoms with Crippen LogP contribution < -0.4 is 5.32 Å². The van der Waals surface area contributed by atoms with E-state index >= 15 is 0 Å². The minimum absolute atomic E-state index is 0.257. The van der Waals surface area contributed by atoms with Crippen LogP contribution in [0.25, 0.3) is 0 Å². The van der Waals surface area contributed by atoms with Crippen molar-refractivity contribution < 1.29 is 4.79 Å². The third-order valence-corrected chi connectivity index (χ3v) is 3.06. The van der Waals surface area contributed by atoms with Crippen LogP contribution in [0.5, 0.6) is 0 Å². The van der Waals surface area contributed by atoms with Gasteiger partial charge in [-0.1, -0.05) is 0 Å². The van der Waals surface area contributed by atoms with E-state index in [1.165, 1.54) is 6.33 Å². The van der Waals surface area contributed by atoms with E-state index < -0.39 is 0 Å². The molecule has 0 bridgehead atoms. The summed E-state index contributed by atoms with van der Waals surface area (Å²) in [6, 6.07) is 0. The average Bonchev–Trinajstić information content (AvgIpc) is 2.96. The first-order valence-corrected chi connectivity index (χ1v) is 6.09. The van der Waals surface area contributed by atoms with Gasteiger partial charge in [-0.3, -0.25) is 9.48 Å². The summed E-state index contributed by atoms with van der Waals surface area (Å²) in [6.07, 6.45) is 4.40. The third-order valence-electron chi connectivity index (χ3n) is 3.06. The van der Waals surface area contributed by atoms with Gasteiger partial charge in [-0.2, -0.15) is 5.10 Å². The number of likely N-dealkylation sites (tertiary alicyclic amines) is 1. The molecule has 94 valence electrons. The number of nitrogens with zero attached hydrogens (tertiary/aromatic N) is 4. The van der Waals surface area contributed by atoms with Crippen LogP contribution >= 0.6 is 0 Å². The zero-order valence-electron chi connectivity index (χ0n) is 10.2. The van der Waals surface area contributed by atoms with E-state index in [2.05, 4.69) is 15.4 Å². The van der Waals surface area contributed by atoms with Gasteiger partial charge in [0.15, 0.2) is 0 Å². The quantitative estimate of drug-likeness (QED) is 0.727. The topological polar surface area (TPSA) is 63.1 Å². The summed E-state index contributed by atoms with van der Waals surface area (Å²) >= 11 is 0. The van der Waals surface area contributed by atoms with Gasteiger partial charge in [0.1, 0.15) is 12.2 Å². The molecular formula is C11H19N5O. The van der Waals surface area contributed by atoms with Crippen molar-refractivity contribution in [3.8, 4) is 0 Å². The molecule has 1 saturated heterocycles. The minimum Gasteiger partial charge on any atom is -0.343 e. The van der Waals surface area contributed by atoms with Crippen LogP contribution in [0.1, 0.15) is 25.1 Å². The first kappa shape index (κ1) is 12.0. The van der Waals surface area contributed by atoms with Crippen LogP contribution in [0.3, 0.4) is 0 Å². The Morgan fingerprint density at radius 3 is 2.88 bits per heavy atom. The lowest BCUT2D eigenvalue weighted by Crippen LogP contribution is -2.30. The molecule has 17 heavy (non-hydrogen) atoms. The molecule has 1 aromatic heterocycles. The van der Waals surface area contributed by atoms with Gasteiger partial charge in [0, 0.05) is 33.1 Å².